The topological polar surface area (TPSA) is 58.2 Å². The van der Waals surface area contributed by atoms with Crippen molar-refractivity contribution >= 4 is 41.2 Å². The van der Waals surface area contributed by atoms with E-state index in [9.17, 15) is 4.79 Å². The fourth-order valence-electron chi connectivity index (χ4n) is 3.00. The van der Waals surface area contributed by atoms with Crippen molar-refractivity contribution in [2.24, 2.45) is 10.2 Å². The minimum atomic E-state index is -0.115. The predicted octanol–water partition coefficient (Wildman–Crippen LogP) is 5.84. The number of carbonyl (C=O) groups excluding carboxylic acids is 1. The van der Waals surface area contributed by atoms with E-state index < -0.39 is 0 Å². The normalized spacial score (nSPS) is 17.4. The number of furan rings is 1. The molecule has 6 heteroatoms. The number of amidine groups is 1. The van der Waals surface area contributed by atoms with Crippen LogP contribution in [0.1, 0.15) is 23.8 Å². The van der Waals surface area contributed by atoms with E-state index in [0.717, 1.165) is 16.7 Å². The van der Waals surface area contributed by atoms with Gasteiger partial charge in [0.05, 0.1) is 23.9 Å². The molecule has 5 nitrogen and oxygen atoms in total. The number of rotatable bonds is 6. The molecule has 1 aromatic heterocycles. The molecule has 0 spiro atoms. The Kier molecular flexibility index (Phi) is 6.59. The van der Waals surface area contributed by atoms with E-state index in [1.165, 1.54) is 11.8 Å². The molecule has 0 aliphatic carbocycles. The largest absolute Gasteiger partial charge is 0.467 e. The third-order valence-electron chi connectivity index (χ3n) is 4.48. The zero-order chi connectivity index (χ0) is 21.5. The standard InChI is InChI=1S/C25H21N3O2S/c1-19(15-20-9-4-2-5-10-20)17-26-27-25-28(18-22-13-8-14-30-22)24(29)23(31-25)16-21-11-6-3-7-12-21/h2-17H,18H2,1H3/b19-15+,23-16-,26-17-,27-25+. The van der Waals surface area contributed by atoms with E-state index in [-0.39, 0.29) is 5.91 Å². The summed E-state index contributed by atoms with van der Waals surface area (Å²) in [4.78, 5) is 15.2. The Morgan fingerprint density at radius 1 is 1.00 bits per heavy atom. The summed E-state index contributed by atoms with van der Waals surface area (Å²) in [6.45, 7) is 2.27. The van der Waals surface area contributed by atoms with Crippen LogP contribution < -0.4 is 0 Å². The van der Waals surface area contributed by atoms with Crippen LogP contribution in [0.2, 0.25) is 0 Å². The molecular weight excluding hydrogens is 406 g/mol. The molecule has 4 rings (SSSR count). The third kappa shape index (κ3) is 5.49. The summed E-state index contributed by atoms with van der Waals surface area (Å²) in [6.07, 6.45) is 7.18. The van der Waals surface area contributed by atoms with E-state index >= 15 is 0 Å². The second-order valence-corrected chi connectivity index (χ2v) is 7.93. The van der Waals surface area contributed by atoms with Gasteiger partial charge in [-0.3, -0.25) is 9.69 Å². The van der Waals surface area contributed by atoms with E-state index in [1.807, 2.05) is 85.8 Å². The first-order chi connectivity index (χ1) is 15.2. The van der Waals surface area contributed by atoms with E-state index in [0.29, 0.717) is 22.4 Å². The van der Waals surface area contributed by atoms with Crippen molar-refractivity contribution < 1.29 is 9.21 Å². The Morgan fingerprint density at radius 2 is 1.71 bits per heavy atom. The van der Waals surface area contributed by atoms with Gasteiger partial charge in [-0.05, 0) is 53.6 Å². The Hall–Kier alpha value is -3.64. The molecule has 1 saturated heterocycles. The van der Waals surface area contributed by atoms with Crippen LogP contribution in [0.15, 0.2) is 104 Å². The van der Waals surface area contributed by atoms with Crippen molar-refractivity contribution in [2.75, 3.05) is 0 Å². The summed E-state index contributed by atoms with van der Waals surface area (Å²) in [5.41, 5.74) is 3.02. The Balaban J connectivity index is 1.57. The molecule has 2 aromatic carbocycles. The zero-order valence-electron chi connectivity index (χ0n) is 17.0. The molecule has 1 fully saturated rings. The molecule has 154 valence electrons. The fourth-order valence-corrected chi connectivity index (χ4v) is 3.93. The quantitative estimate of drug-likeness (QED) is 0.282. The number of benzene rings is 2. The SMILES string of the molecule is CC(/C=N\N=C1\S/C(=C\c2ccccc2)C(=O)N1Cc1ccco1)=C\c1ccccc1. The number of nitrogens with zero attached hydrogens (tertiary/aromatic N) is 3. The first kappa shape index (κ1) is 20.6. The first-order valence-corrected chi connectivity index (χ1v) is 10.6. The average molecular weight is 428 g/mol. The molecule has 0 N–H and O–H groups in total. The summed E-state index contributed by atoms with van der Waals surface area (Å²) in [5.74, 6) is 0.572. The van der Waals surface area contributed by atoms with Crippen molar-refractivity contribution in [3.8, 4) is 0 Å². The number of allylic oxidation sites excluding steroid dienone is 1. The van der Waals surface area contributed by atoms with Crippen molar-refractivity contribution in [2.45, 2.75) is 13.5 Å². The highest BCUT2D eigenvalue weighted by Crippen LogP contribution is 2.33. The molecule has 3 aromatic rings. The van der Waals surface area contributed by atoms with Gasteiger partial charge >= 0.3 is 0 Å². The van der Waals surface area contributed by atoms with Crippen LogP contribution in [0.4, 0.5) is 0 Å². The molecule has 1 aliphatic heterocycles. The highest BCUT2D eigenvalue weighted by Gasteiger charge is 2.34. The van der Waals surface area contributed by atoms with Gasteiger partial charge in [-0.15, -0.1) is 5.10 Å². The molecule has 1 amide bonds. The lowest BCUT2D eigenvalue weighted by molar-refractivity contribution is -0.122. The molecule has 1 aliphatic rings. The lowest BCUT2D eigenvalue weighted by Gasteiger charge is -2.12. The van der Waals surface area contributed by atoms with Crippen molar-refractivity contribution in [1.82, 2.24) is 4.90 Å². The molecule has 0 unspecified atom stereocenters. The van der Waals surface area contributed by atoms with E-state index in [1.54, 1.807) is 23.4 Å². The number of thioether (sulfide) groups is 1. The molecule has 2 heterocycles. The predicted molar refractivity (Wildman–Crippen MR) is 127 cm³/mol. The van der Waals surface area contributed by atoms with Gasteiger partial charge in [-0.2, -0.15) is 5.10 Å². The summed E-state index contributed by atoms with van der Waals surface area (Å²) in [7, 11) is 0. The molecule has 0 bridgehead atoms. The lowest BCUT2D eigenvalue weighted by atomic mass is 10.1. The maximum absolute atomic E-state index is 13.0. The minimum absolute atomic E-state index is 0.115. The molecule has 31 heavy (non-hydrogen) atoms. The average Bonchev–Trinajstić information content (AvgIpc) is 3.40. The summed E-state index contributed by atoms with van der Waals surface area (Å²) >= 11 is 1.31. The number of carbonyl (C=O) groups is 1. The minimum Gasteiger partial charge on any atom is -0.467 e. The van der Waals surface area contributed by atoms with Gasteiger partial charge in [0.25, 0.3) is 5.91 Å². The van der Waals surface area contributed by atoms with Gasteiger partial charge in [-0.25, -0.2) is 0 Å². The molecular formula is C25H21N3O2S. The number of hydrogen-bond acceptors (Lipinski definition) is 5. The van der Waals surface area contributed by atoms with Gasteiger partial charge in [0.1, 0.15) is 5.76 Å². The van der Waals surface area contributed by atoms with Crippen molar-refractivity contribution in [3.63, 3.8) is 0 Å². The van der Waals surface area contributed by atoms with Gasteiger partial charge in [0.2, 0.25) is 0 Å². The van der Waals surface area contributed by atoms with E-state index in [2.05, 4.69) is 10.2 Å². The highest BCUT2D eigenvalue weighted by atomic mass is 32.2. The van der Waals surface area contributed by atoms with Crippen LogP contribution in [0, 0.1) is 0 Å². The number of hydrogen-bond donors (Lipinski definition) is 0. The van der Waals surface area contributed by atoms with Crippen LogP contribution in [-0.2, 0) is 11.3 Å². The summed E-state index contributed by atoms with van der Waals surface area (Å²) < 4.78 is 5.43. The second kappa shape index (κ2) is 9.91. The molecule has 0 saturated carbocycles. The van der Waals surface area contributed by atoms with Crippen LogP contribution in [0.5, 0.6) is 0 Å². The summed E-state index contributed by atoms with van der Waals surface area (Å²) in [5, 5.41) is 9.09. The van der Waals surface area contributed by atoms with Gasteiger partial charge < -0.3 is 4.42 Å². The van der Waals surface area contributed by atoms with Crippen molar-refractivity contribution in [1.29, 1.82) is 0 Å². The highest BCUT2D eigenvalue weighted by molar-refractivity contribution is 8.18. The lowest BCUT2D eigenvalue weighted by Crippen LogP contribution is -2.28. The Morgan fingerprint density at radius 3 is 2.39 bits per heavy atom. The molecule has 0 radical (unpaired) electrons. The fraction of sp³-hybridized carbons (Fsp3) is 0.0800. The van der Waals surface area contributed by atoms with Crippen molar-refractivity contribution in [3.05, 3.63) is 106 Å². The maximum atomic E-state index is 13.0. The van der Waals surface area contributed by atoms with Gasteiger partial charge in [-0.1, -0.05) is 66.7 Å². The van der Waals surface area contributed by atoms with Crippen LogP contribution in [-0.4, -0.2) is 22.2 Å². The smallest absolute Gasteiger partial charge is 0.267 e. The monoisotopic (exact) mass is 427 g/mol. The molecule has 0 atom stereocenters. The maximum Gasteiger partial charge on any atom is 0.267 e. The zero-order valence-corrected chi connectivity index (χ0v) is 17.8. The van der Waals surface area contributed by atoms with Crippen LogP contribution >= 0.6 is 11.8 Å². The van der Waals surface area contributed by atoms with E-state index in [4.69, 9.17) is 4.42 Å². The van der Waals surface area contributed by atoms with Crippen LogP contribution in [0.25, 0.3) is 12.2 Å². The first-order valence-electron chi connectivity index (χ1n) is 9.82. The van der Waals surface area contributed by atoms with Gasteiger partial charge in [0.15, 0.2) is 5.17 Å². The third-order valence-corrected chi connectivity index (χ3v) is 5.48. The Bertz CT molecular complexity index is 1150. The number of amides is 1. The van der Waals surface area contributed by atoms with Crippen LogP contribution in [0.3, 0.4) is 0 Å². The Labute approximate surface area is 185 Å². The van der Waals surface area contributed by atoms with Gasteiger partial charge in [0, 0.05) is 0 Å². The summed E-state index contributed by atoms with van der Waals surface area (Å²) in [6, 6.07) is 23.4. The second-order valence-electron chi connectivity index (χ2n) is 6.92.